The van der Waals surface area contributed by atoms with E-state index >= 15 is 0 Å². The molecule has 72 valence electrons. The zero-order valence-corrected chi connectivity index (χ0v) is 7.61. The van der Waals surface area contributed by atoms with Crippen molar-refractivity contribution in [3.63, 3.8) is 0 Å². The molecule has 0 aliphatic heterocycles. The molecular formula is C8H16F2N2. The van der Waals surface area contributed by atoms with Crippen LogP contribution in [0.3, 0.4) is 0 Å². The predicted octanol–water partition coefficient (Wildman–Crippen LogP) is 0.935. The molecule has 0 spiro atoms. The Labute approximate surface area is 71.9 Å². The van der Waals surface area contributed by atoms with E-state index in [0.29, 0.717) is 6.04 Å². The van der Waals surface area contributed by atoms with Gasteiger partial charge in [0, 0.05) is 6.04 Å². The highest BCUT2D eigenvalue weighted by atomic mass is 19.3. The van der Waals surface area contributed by atoms with Gasteiger partial charge in [0.1, 0.15) is 0 Å². The van der Waals surface area contributed by atoms with Gasteiger partial charge in [0.05, 0.1) is 13.1 Å². The quantitative estimate of drug-likeness (QED) is 0.674. The van der Waals surface area contributed by atoms with Crippen molar-refractivity contribution in [1.82, 2.24) is 10.2 Å². The summed E-state index contributed by atoms with van der Waals surface area (Å²) in [6.07, 6.45) is 2.15. The van der Waals surface area contributed by atoms with Crippen LogP contribution in [0.15, 0.2) is 0 Å². The van der Waals surface area contributed by atoms with E-state index < -0.39 is 5.92 Å². The Balaban J connectivity index is 2.26. The standard InChI is InChI=1S/C8H16F2N2/c1-11-5-8(9,10)6-12(2)7-3-4-7/h7,11H,3-6H2,1-2H3. The Hall–Kier alpha value is -0.220. The minimum Gasteiger partial charge on any atom is -0.314 e. The SMILES string of the molecule is CNCC(F)(F)CN(C)C1CC1. The minimum atomic E-state index is -2.59. The van der Waals surface area contributed by atoms with E-state index in [1.807, 2.05) is 0 Å². The summed E-state index contributed by atoms with van der Waals surface area (Å²) in [6, 6.07) is 0.410. The second-order valence-electron chi connectivity index (χ2n) is 3.53. The van der Waals surface area contributed by atoms with E-state index in [0.717, 1.165) is 12.8 Å². The number of nitrogens with zero attached hydrogens (tertiary/aromatic N) is 1. The number of alkyl halides is 2. The molecule has 1 N–H and O–H groups in total. The summed E-state index contributed by atoms with van der Waals surface area (Å²) in [5.74, 6) is -2.59. The number of nitrogens with one attached hydrogen (secondary N) is 1. The van der Waals surface area contributed by atoms with Crippen molar-refractivity contribution in [2.45, 2.75) is 24.8 Å². The van der Waals surface area contributed by atoms with Crippen LogP contribution < -0.4 is 5.32 Å². The van der Waals surface area contributed by atoms with Crippen molar-refractivity contribution in [3.8, 4) is 0 Å². The van der Waals surface area contributed by atoms with Crippen molar-refractivity contribution < 1.29 is 8.78 Å². The molecule has 1 saturated carbocycles. The Morgan fingerprint density at radius 1 is 1.50 bits per heavy atom. The van der Waals surface area contributed by atoms with Gasteiger partial charge in [0.15, 0.2) is 0 Å². The third-order valence-electron chi connectivity index (χ3n) is 2.09. The molecule has 1 rings (SSSR count). The van der Waals surface area contributed by atoms with E-state index in [1.54, 1.807) is 19.0 Å². The normalized spacial score (nSPS) is 18.8. The van der Waals surface area contributed by atoms with Crippen LogP contribution in [0, 0.1) is 0 Å². The van der Waals surface area contributed by atoms with Gasteiger partial charge in [-0.25, -0.2) is 8.78 Å². The van der Waals surface area contributed by atoms with Gasteiger partial charge in [0.2, 0.25) is 0 Å². The first-order chi connectivity index (χ1) is 5.55. The van der Waals surface area contributed by atoms with Crippen molar-refractivity contribution in [2.75, 3.05) is 27.2 Å². The minimum absolute atomic E-state index is 0.126. The number of hydrogen-bond acceptors (Lipinski definition) is 2. The Bertz CT molecular complexity index is 146. The van der Waals surface area contributed by atoms with Crippen LogP contribution >= 0.6 is 0 Å². The first-order valence-electron chi connectivity index (χ1n) is 4.28. The van der Waals surface area contributed by atoms with Crippen LogP contribution in [0.4, 0.5) is 8.78 Å². The third kappa shape index (κ3) is 3.03. The summed E-state index contributed by atoms with van der Waals surface area (Å²) in [7, 11) is 3.31. The summed E-state index contributed by atoms with van der Waals surface area (Å²) < 4.78 is 25.9. The van der Waals surface area contributed by atoms with Crippen LogP contribution in [0.5, 0.6) is 0 Å². The van der Waals surface area contributed by atoms with Gasteiger partial charge in [0.25, 0.3) is 5.92 Å². The van der Waals surface area contributed by atoms with Gasteiger partial charge >= 0.3 is 0 Å². The zero-order valence-electron chi connectivity index (χ0n) is 7.61. The molecule has 12 heavy (non-hydrogen) atoms. The summed E-state index contributed by atoms with van der Waals surface area (Å²) in [6.45, 7) is -0.359. The summed E-state index contributed by atoms with van der Waals surface area (Å²) in [4.78, 5) is 1.75. The summed E-state index contributed by atoms with van der Waals surface area (Å²) >= 11 is 0. The molecule has 0 unspecified atom stereocenters. The second kappa shape index (κ2) is 3.66. The lowest BCUT2D eigenvalue weighted by Crippen LogP contribution is -2.41. The fourth-order valence-corrected chi connectivity index (χ4v) is 1.32. The largest absolute Gasteiger partial charge is 0.314 e. The first-order valence-corrected chi connectivity index (χ1v) is 4.28. The lowest BCUT2D eigenvalue weighted by molar-refractivity contribution is -0.0250. The Kier molecular flexibility index (Phi) is 3.01. The molecule has 1 aliphatic rings. The average Bonchev–Trinajstić information content (AvgIpc) is 2.65. The molecule has 0 aromatic heterocycles. The van der Waals surface area contributed by atoms with Gasteiger partial charge in [-0.1, -0.05) is 0 Å². The topological polar surface area (TPSA) is 15.3 Å². The van der Waals surface area contributed by atoms with E-state index in [1.165, 1.54) is 0 Å². The fraction of sp³-hybridized carbons (Fsp3) is 1.00. The van der Waals surface area contributed by atoms with Gasteiger partial charge in [-0.05, 0) is 26.9 Å². The highest BCUT2D eigenvalue weighted by molar-refractivity contribution is 4.85. The highest BCUT2D eigenvalue weighted by Gasteiger charge is 2.35. The fourth-order valence-electron chi connectivity index (χ4n) is 1.32. The zero-order chi connectivity index (χ0) is 9.19. The van der Waals surface area contributed by atoms with E-state index in [-0.39, 0.29) is 13.1 Å². The molecule has 0 radical (unpaired) electrons. The van der Waals surface area contributed by atoms with Crippen LogP contribution in [0.2, 0.25) is 0 Å². The van der Waals surface area contributed by atoms with Crippen molar-refractivity contribution in [3.05, 3.63) is 0 Å². The van der Waals surface area contributed by atoms with Crippen LogP contribution in [0.25, 0.3) is 0 Å². The van der Waals surface area contributed by atoms with Gasteiger partial charge in [-0.15, -0.1) is 0 Å². The second-order valence-corrected chi connectivity index (χ2v) is 3.53. The van der Waals surface area contributed by atoms with E-state index in [9.17, 15) is 8.78 Å². The molecule has 4 heteroatoms. The maximum absolute atomic E-state index is 13.0. The van der Waals surface area contributed by atoms with Gasteiger partial charge < -0.3 is 5.32 Å². The number of hydrogen-bond donors (Lipinski definition) is 1. The molecule has 0 aromatic carbocycles. The van der Waals surface area contributed by atoms with Crippen molar-refractivity contribution in [1.29, 1.82) is 0 Å². The third-order valence-corrected chi connectivity index (χ3v) is 2.09. The van der Waals surface area contributed by atoms with Crippen LogP contribution in [0.1, 0.15) is 12.8 Å². The first kappa shape index (κ1) is 9.86. The van der Waals surface area contributed by atoms with Gasteiger partial charge in [-0.3, -0.25) is 4.90 Å². The van der Waals surface area contributed by atoms with E-state index in [4.69, 9.17) is 0 Å². The molecular weight excluding hydrogens is 162 g/mol. The highest BCUT2D eigenvalue weighted by Crippen LogP contribution is 2.27. The Morgan fingerprint density at radius 3 is 2.50 bits per heavy atom. The van der Waals surface area contributed by atoms with Crippen LogP contribution in [-0.4, -0.2) is 44.0 Å². The molecule has 0 saturated heterocycles. The van der Waals surface area contributed by atoms with Crippen molar-refractivity contribution >= 4 is 0 Å². The lowest BCUT2D eigenvalue weighted by Gasteiger charge is -2.23. The van der Waals surface area contributed by atoms with Crippen LogP contribution in [-0.2, 0) is 0 Å². The number of rotatable bonds is 5. The summed E-state index contributed by atoms with van der Waals surface area (Å²) in [5.41, 5.74) is 0. The average molecular weight is 178 g/mol. The Morgan fingerprint density at radius 2 is 2.08 bits per heavy atom. The molecule has 0 bridgehead atoms. The molecule has 1 aliphatic carbocycles. The van der Waals surface area contributed by atoms with Crippen molar-refractivity contribution in [2.24, 2.45) is 0 Å². The summed E-state index contributed by atoms with van der Waals surface area (Å²) in [5, 5.41) is 2.50. The molecule has 0 aromatic rings. The monoisotopic (exact) mass is 178 g/mol. The molecule has 0 atom stereocenters. The maximum Gasteiger partial charge on any atom is 0.272 e. The van der Waals surface area contributed by atoms with E-state index in [2.05, 4.69) is 5.32 Å². The predicted molar refractivity (Wildman–Crippen MR) is 44.5 cm³/mol. The molecule has 0 amide bonds. The van der Waals surface area contributed by atoms with Gasteiger partial charge in [-0.2, -0.15) is 0 Å². The lowest BCUT2D eigenvalue weighted by atomic mass is 10.3. The molecule has 0 heterocycles. The molecule has 1 fully saturated rings. The smallest absolute Gasteiger partial charge is 0.272 e. The molecule has 2 nitrogen and oxygen atoms in total. The maximum atomic E-state index is 13.0. The number of halogens is 2.